The average Bonchev–Trinajstić information content (AvgIpc) is 2.37. The molecule has 0 radical (unpaired) electrons. The highest BCUT2D eigenvalue weighted by Crippen LogP contribution is 2.11. The van der Waals surface area contributed by atoms with Gasteiger partial charge in [-0.25, -0.2) is 0 Å². The zero-order chi connectivity index (χ0) is 14.1. The molecule has 1 aliphatic rings. The number of carbonyl (C=O) groups is 1. The molecule has 112 valence electrons. The van der Waals surface area contributed by atoms with Crippen LogP contribution in [-0.4, -0.2) is 63.3 Å². The molecule has 1 amide bonds. The number of ether oxygens (including phenoxy) is 1. The third-order valence-corrected chi connectivity index (χ3v) is 3.39. The van der Waals surface area contributed by atoms with Crippen molar-refractivity contribution in [2.75, 3.05) is 46.4 Å². The van der Waals surface area contributed by atoms with Crippen LogP contribution in [0, 0.1) is 5.92 Å². The quantitative estimate of drug-likeness (QED) is 0.630. The number of likely N-dealkylation sites (tertiary alicyclic amines) is 1. The van der Waals surface area contributed by atoms with E-state index in [1.54, 1.807) is 7.11 Å². The normalized spacial score (nSPS) is 17.9. The van der Waals surface area contributed by atoms with Crippen molar-refractivity contribution in [1.82, 2.24) is 15.5 Å². The van der Waals surface area contributed by atoms with Crippen LogP contribution < -0.4 is 10.6 Å². The molecule has 1 heterocycles. The first-order valence-corrected chi connectivity index (χ1v) is 7.33. The van der Waals surface area contributed by atoms with Gasteiger partial charge in [0.2, 0.25) is 5.91 Å². The second kappa shape index (κ2) is 9.28. The maximum Gasteiger partial charge on any atom is 0.234 e. The summed E-state index contributed by atoms with van der Waals surface area (Å²) < 4.78 is 4.89. The van der Waals surface area contributed by atoms with E-state index in [1.165, 1.54) is 6.54 Å². The molecule has 0 unspecified atom stereocenters. The van der Waals surface area contributed by atoms with Gasteiger partial charge < -0.3 is 20.3 Å². The van der Waals surface area contributed by atoms with Crippen LogP contribution in [0.2, 0.25) is 0 Å². The van der Waals surface area contributed by atoms with Gasteiger partial charge in [0.05, 0.1) is 13.2 Å². The first-order chi connectivity index (χ1) is 9.11. The average molecular weight is 271 g/mol. The van der Waals surface area contributed by atoms with Crippen molar-refractivity contribution < 1.29 is 9.53 Å². The third-order valence-electron chi connectivity index (χ3n) is 3.39. The van der Waals surface area contributed by atoms with Crippen LogP contribution in [0.25, 0.3) is 0 Å². The molecule has 1 aliphatic heterocycles. The van der Waals surface area contributed by atoms with Crippen molar-refractivity contribution in [1.29, 1.82) is 0 Å². The molecule has 0 aromatic heterocycles. The molecule has 0 aromatic carbocycles. The molecular weight excluding hydrogens is 242 g/mol. The van der Waals surface area contributed by atoms with Crippen molar-refractivity contribution >= 4 is 5.91 Å². The van der Waals surface area contributed by atoms with Gasteiger partial charge in [0.25, 0.3) is 0 Å². The minimum atomic E-state index is 0.0571. The smallest absolute Gasteiger partial charge is 0.234 e. The largest absolute Gasteiger partial charge is 0.383 e. The Labute approximate surface area is 117 Å². The Morgan fingerprint density at radius 2 is 2.05 bits per heavy atom. The van der Waals surface area contributed by atoms with Gasteiger partial charge in [0.1, 0.15) is 0 Å². The Morgan fingerprint density at radius 1 is 1.37 bits per heavy atom. The molecule has 0 spiro atoms. The van der Waals surface area contributed by atoms with E-state index >= 15 is 0 Å². The minimum absolute atomic E-state index is 0.0571. The Bertz CT molecular complexity index is 251. The fourth-order valence-corrected chi connectivity index (χ4v) is 2.43. The van der Waals surface area contributed by atoms with Crippen LogP contribution in [0.1, 0.15) is 26.7 Å². The van der Waals surface area contributed by atoms with Crippen LogP contribution in [0.4, 0.5) is 0 Å². The Hall–Kier alpha value is -0.650. The number of hydrogen-bond acceptors (Lipinski definition) is 4. The van der Waals surface area contributed by atoms with Gasteiger partial charge in [0, 0.05) is 26.2 Å². The molecule has 1 rings (SSSR count). The predicted molar refractivity (Wildman–Crippen MR) is 77.2 cm³/mol. The summed E-state index contributed by atoms with van der Waals surface area (Å²) in [5, 5.41) is 6.16. The highest BCUT2D eigenvalue weighted by molar-refractivity contribution is 5.77. The highest BCUT2D eigenvalue weighted by atomic mass is 16.5. The molecule has 0 saturated carbocycles. The fraction of sp³-hybridized carbons (Fsp3) is 0.929. The first kappa shape index (κ1) is 16.4. The summed E-state index contributed by atoms with van der Waals surface area (Å²) in [6.07, 6.45) is 2.27. The molecule has 1 fully saturated rings. The number of hydrogen-bond donors (Lipinski definition) is 2. The van der Waals surface area contributed by atoms with Crippen molar-refractivity contribution in [2.24, 2.45) is 5.92 Å². The van der Waals surface area contributed by atoms with Crippen LogP contribution in [0.3, 0.4) is 0 Å². The summed E-state index contributed by atoms with van der Waals surface area (Å²) >= 11 is 0. The lowest BCUT2D eigenvalue weighted by Gasteiger charge is -2.33. The molecule has 2 N–H and O–H groups in total. The van der Waals surface area contributed by atoms with E-state index in [0.29, 0.717) is 25.7 Å². The monoisotopic (exact) mass is 271 g/mol. The van der Waals surface area contributed by atoms with E-state index in [-0.39, 0.29) is 5.91 Å². The maximum atomic E-state index is 11.5. The van der Waals surface area contributed by atoms with Gasteiger partial charge in [-0.1, -0.05) is 13.8 Å². The van der Waals surface area contributed by atoms with Crippen molar-refractivity contribution in [3.8, 4) is 0 Å². The Balaban J connectivity index is 2.07. The van der Waals surface area contributed by atoms with E-state index < -0.39 is 0 Å². The van der Waals surface area contributed by atoms with Gasteiger partial charge in [0.15, 0.2) is 0 Å². The zero-order valence-electron chi connectivity index (χ0n) is 12.6. The number of nitrogens with one attached hydrogen (secondary N) is 2. The van der Waals surface area contributed by atoms with E-state index in [9.17, 15) is 4.79 Å². The lowest BCUT2D eigenvalue weighted by molar-refractivity contribution is -0.120. The van der Waals surface area contributed by atoms with Gasteiger partial charge in [-0.3, -0.25) is 4.79 Å². The second-order valence-corrected chi connectivity index (χ2v) is 5.69. The molecule has 0 bridgehead atoms. The molecule has 5 heteroatoms. The molecule has 5 nitrogen and oxygen atoms in total. The molecule has 1 saturated heterocycles. The Morgan fingerprint density at radius 3 is 2.63 bits per heavy atom. The van der Waals surface area contributed by atoms with Crippen molar-refractivity contribution in [2.45, 2.75) is 32.7 Å². The van der Waals surface area contributed by atoms with Crippen LogP contribution in [-0.2, 0) is 9.53 Å². The summed E-state index contributed by atoms with van der Waals surface area (Å²) in [6, 6.07) is 0.483. The minimum Gasteiger partial charge on any atom is -0.383 e. The number of methoxy groups -OCH3 is 1. The standard InChI is InChI=1S/C14H29N3O2/c1-12(2)11-17-7-4-13(5-8-17)16-10-14(18)15-6-9-19-3/h12-13,16H,4-11H2,1-3H3,(H,15,18). The second-order valence-electron chi connectivity index (χ2n) is 5.69. The molecule has 19 heavy (non-hydrogen) atoms. The van der Waals surface area contributed by atoms with Crippen LogP contribution in [0.5, 0.6) is 0 Å². The summed E-state index contributed by atoms with van der Waals surface area (Å²) in [6.45, 7) is 9.55. The molecule has 0 aliphatic carbocycles. The van der Waals surface area contributed by atoms with Gasteiger partial charge in [-0.2, -0.15) is 0 Å². The number of piperidine rings is 1. The summed E-state index contributed by atoms with van der Waals surface area (Å²) in [5.74, 6) is 0.790. The number of amides is 1. The van der Waals surface area contributed by atoms with Crippen LogP contribution in [0.15, 0.2) is 0 Å². The highest BCUT2D eigenvalue weighted by Gasteiger charge is 2.19. The SMILES string of the molecule is COCCNC(=O)CNC1CCN(CC(C)C)CC1. The maximum absolute atomic E-state index is 11.5. The van der Waals surface area contributed by atoms with E-state index in [2.05, 4.69) is 29.4 Å². The number of carbonyl (C=O) groups excluding carboxylic acids is 1. The third kappa shape index (κ3) is 7.50. The summed E-state index contributed by atoms with van der Waals surface area (Å²) in [5.41, 5.74) is 0. The van der Waals surface area contributed by atoms with E-state index in [1.807, 2.05) is 0 Å². The van der Waals surface area contributed by atoms with Gasteiger partial charge >= 0.3 is 0 Å². The topological polar surface area (TPSA) is 53.6 Å². The lowest BCUT2D eigenvalue weighted by Crippen LogP contribution is -2.46. The van der Waals surface area contributed by atoms with Gasteiger partial charge in [-0.05, 0) is 31.8 Å². The number of rotatable bonds is 8. The molecule has 0 atom stereocenters. The first-order valence-electron chi connectivity index (χ1n) is 7.33. The fourth-order valence-electron chi connectivity index (χ4n) is 2.43. The Kier molecular flexibility index (Phi) is 8.02. The van der Waals surface area contributed by atoms with Crippen molar-refractivity contribution in [3.05, 3.63) is 0 Å². The van der Waals surface area contributed by atoms with E-state index in [4.69, 9.17) is 4.74 Å². The number of nitrogens with zero attached hydrogens (tertiary/aromatic N) is 1. The van der Waals surface area contributed by atoms with Gasteiger partial charge in [-0.15, -0.1) is 0 Å². The van der Waals surface area contributed by atoms with Crippen molar-refractivity contribution in [3.63, 3.8) is 0 Å². The molecule has 0 aromatic rings. The van der Waals surface area contributed by atoms with E-state index in [0.717, 1.165) is 31.8 Å². The summed E-state index contributed by atoms with van der Waals surface area (Å²) in [7, 11) is 1.63. The van der Waals surface area contributed by atoms with Crippen LogP contribution >= 0.6 is 0 Å². The summed E-state index contributed by atoms with van der Waals surface area (Å²) in [4.78, 5) is 14.0. The predicted octanol–water partition coefficient (Wildman–Crippen LogP) is 0.459. The zero-order valence-corrected chi connectivity index (χ0v) is 12.6. The lowest BCUT2D eigenvalue weighted by atomic mass is 10.0. The molecular formula is C14H29N3O2.